The zero-order chi connectivity index (χ0) is 28.7. The average molecular weight is 561 g/mol. The maximum Gasteiger partial charge on any atom is 0.302 e. The molecule has 7 heteroatoms. The van der Waals surface area contributed by atoms with Crippen molar-refractivity contribution in [3.63, 3.8) is 0 Å². The fourth-order valence-electron chi connectivity index (χ4n) is 11.1. The van der Waals surface area contributed by atoms with Crippen LogP contribution in [0.25, 0.3) is 0 Å². The van der Waals surface area contributed by atoms with E-state index in [1.807, 2.05) is 0 Å². The lowest BCUT2D eigenvalue weighted by Gasteiger charge is -2.62. The quantitative estimate of drug-likeness (QED) is 0.425. The molecule has 2 heterocycles. The van der Waals surface area contributed by atoms with Crippen molar-refractivity contribution >= 4 is 5.97 Å². The van der Waals surface area contributed by atoms with Gasteiger partial charge in [-0.1, -0.05) is 13.8 Å². The van der Waals surface area contributed by atoms with Gasteiger partial charge in [-0.05, 0) is 74.0 Å². The number of piperazine rings is 2. The first-order valence-electron chi connectivity index (χ1n) is 16.7. The van der Waals surface area contributed by atoms with Crippen LogP contribution in [0, 0.1) is 34.5 Å². The lowest BCUT2D eigenvalue weighted by atomic mass is 9.44. The molecule has 0 unspecified atom stereocenters. The van der Waals surface area contributed by atoms with E-state index < -0.39 is 0 Å². The molecule has 2 saturated heterocycles. The number of esters is 1. The van der Waals surface area contributed by atoms with Gasteiger partial charge < -0.3 is 18.8 Å². The molecule has 1 N–H and O–H groups in total. The highest BCUT2D eigenvalue weighted by Crippen LogP contribution is 2.67. The molecule has 4 saturated carbocycles. The number of hydrogen-bond donors (Lipinski definition) is 1. The summed E-state index contributed by atoms with van der Waals surface area (Å²) in [5.74, 6) is 2.61. The third-order valence-corrected chi connectivity index (χ3v) is 13.8. The van der Waals surface area contributed by atoms with Crippen molar-refractivity contribution in [2.24, 2.45) is 34.5 Å². The second kappa shape index (κ2) is 10.2. The summed E-state index contributed by atoms with van der Waals surface area (Å²) < 4.78 is 8.50. The normalized spacial score (nSPS) is 49.0. The molecule has 40 heavy (non-hydrogen) atoms. The van der Waals surface area contributed by atoms with E-state index in [2.05, 4.69) is 51.8 Å². The number of rotatable bonds is 3. The zero-order valence-electron chi connectivity index (χ0n) is 26.8. The SMILES string of the molecule is CC(=O)O[C@H]1[C@@H](N2CC[N+](C)(C)CC2)C[C@H]2[C@@H]3CC[C@H]4C[C@H](O)[C@@H](N5CC[N+](C)(C)CC5)C[C@]4(C)[C@H]3CC[C@@]21C. The predicted molar refractivity (Wildman–Crippen MR) is 158 cm³/mol. The monoisotopic (exact) mass is 560 g/mol. The topological polar surface area (TPSA) is 53.0 Å². The highest BCUT2D eigenvalue weighted by molar-refractivity contribution is 5.66. The van der Waals surface area contributed by atoms with E-state index in [-0.39, 0.29) is 23.6 Å². The van der Waals surface area contributed by atoms with Gasteiger partial charge in [0.2, 0.25) is 0 Å². The van der Waals surface area contributed by atoms with E-state index in [0.29, 0.717) is 35.3 Å². The van der Waals surface area contributed by atoms with Gasteiger partial charge in [0.25, 0.3) is 0 Å². The van der Waals surface area contributed by atoms with Gasteiger partial charge in [-0.25, -0.2) is 0 Å². The maximum atomic E-state index is 12.5. The maximum absolute atomic E-state index is 12.5. The molecule has 6 aliphatic rings. The van der Waals surface area contributed by atoms with E-state index in [9.17, 15) is 9.90 Å². The Bertz CT molecular complexity index is 951. The molecular formula is C33H60N4O3+2. The van der Waals surface area contributed by atoms with Crippen LogP contribution in [0.15, 0.2) is 0 Å². The number of quaternary nitrogens is 2. The highest BCUT2D eigenvalue weighted by Gasteiger charge is 2.65. The van der Waals surface area contributed by atoms with Gasteiger partial charge in [-0.2, -0.15) is 0 Å². The summed E-state index contributed by atoms with van der Waals surface area (Å²) in [4.78, 5) is 17.8. The predicted octanol–water partition coefficient (Wildman–Crippen LogP) is 3.06. The van der Waals surface area contributed by atoms with Crippen molar-refractivity contribution in [3.8, 4) is 0 Å². The lowest BCUT2D eigenvalue weighted by molar-refractivity contribution is -0.894. The van der Waals surface area contributed by atoms with Crippen molar-refractivity contribution in [3.05, 3.63) is 0 Å². The third-order valence-electron chi connectivity index (χ3n) is 13.8. The Balaban J connectivity index is 1.24. The molecule has 10 atom stereocenters. The summed E-state index contributed by atoms with van der Waals surface area (Å²) in [7, 11) is 9.38. The van der Waals surface area contributed by atoms with Crippen LogP contribution >= 0.6 is 0 Å². The Morgan fingerprint density at radius 3 is 1.95 bits per heavy atom. The third kappa shape index (κ3) is 4.98. The van der Waals surface area contributed by atoms with Gasteiger partial charge in [-0.3, -0.25) is 14.6 Å². The number of hydrogen-bond acceptors (Lipinski definition) is 5. The van der Waals surface area contributed by atoms with Crippen molar-refractivity contribution < 1.29 is 23.6 Å². The second-order valence-corrected chi connectivity index (χ2v) is 16.9. The van der Waals surface area contributed by atoms with Crippen LogP contribution in [0.4, 0.5) is 0 Å². The van der Waals surface area contributed by atoms with Gasteiger partial charge in [0.15, 0.2) is 0 Å². The summed E-state index contributed by atoms with van der Waals surface area (Å²) >= 11 is 0. The van der Waals surface area contributed by atoms with Gasteiger partial charge in [0.1, 0.15) is 6.10 Å². The molecule has 6 fully saturated rings. The van der Waals surface area contributed by atoms with E-state index in [4.69, 9.17) is 4.74 Å². The van der Waals surface area contributed by atoms with Crippen LogP contribution in [-0.2, 0) is 9.53 Å². The second-order valence-electron chi connectivity index (χ2n) is 16.9. The smallest absolute Gasteiger partial charge is 0.302 e. The molecule has 6 rings (SSSR count). The first-order chi connectivity index (χ1) is 18.7. The number of nitrogens with zero attached hydrogens (tertiary/aromatic N) is 4. The van der Waals surface area contributed by atoms with Gasteiger partial charge in [-0.15, -0.1) is 0 Å². The molecule has 0 amide bonds. The summed E-state index contributed by atoms with van der Waals surface area (Å²) in [6, 6.07) is 0.674. The molecule has 0 bridgehead atoms. The molecule has 0 aromatic rings. The molecule has 7 nitrogen and oxygen atoms in total. The van der Waals surface area contributed by atoms with Crippen molar-refractivity contribution in [2.75, 3.05) is 80.5 Å². The molecule has 0 radical (unpaired) electrons. The van der Waals surface area contributed by atoms with Crippen molar-refractivity contribution in [1.82, 2.24) is 9.80 Å². The number of carbonyl (C=O) groups excluding carboxylic acids is 1. The molecule has 4 aliphatic carbocycles. The molecule has 0 aromatic carbocycles. The van der Waals surface area contributed by atoms with E-state index in [1.165, 1.54) is 58.3 Å². The van der Waals surface area contributed by atoms with Crippen LogP contribution in [0.5, 0.6) is 0 Å². The van der Waals surface area contributed by atoms with E-state index >= 15 is 0 Å². The van der Waals surface area contributed by atoms with Crippen LogP contribution in [0.1, 0.15) is 65.7 Å². The number of fused-ring (bicyclic) bond motifs is 5. The lowest BCUT2D eigenvalue weighted by Crippen LogP contribution is -2.63. The minimum atomic E-state index is -0.178. The van der Waals surface area contributed by atoms with Crippen LogP contribution < -0.4 is 0 Å². The Morgan fingerprint density at radius 1 is 0.800 bits per heavy atom. The Kier molecular flexibility index (Phi) is 7.47. The van der Waals surface area contributed by atoms with Crippen molar-refractivity contribution in [2.45, 2.75) is 90.0 Å². The van der Waals surface area contributed by atoms with Crippen molar-refractivity contribution in [1.29, 1.82) is 0 Å². The number of aliphatic hydroxyl groups excluding tert-OH is 1. The molecule has 228 valence electrons. The summed E-state index contributed by atoms with van der Waals surface area (Å²) in [6.07, 6.45) is 8.16. The molecule has 0 aromatic heterocycles. The minimum Gasteiger partial charge on any atom is -0.460 e. The fourth-order valence-corrected chi connectivity index (χ4v) is 11.1. The largest absolute Gasteiger partial charge is 0.460 e. The Hall–Kier alpha value is -0.730. The minimum absolute atomic E-state index is 0.0194. The van der Waals surface area contributed by atoms with Crippen LogP contribution in [0.3, 0.4) is 0 Å². The summed E-state index contributed by atoms with van der Waals surface area (Å²) in [5, 5.41) is 11.4. The number of likely N-dealkylation sites (N-methyl/N-ethyl adjacent to an activating group) is 2. The van der Waals surface area contributed by atoms with Gasteiger partial charge in [0.05, 0.1) is 60.5 Å². The first-order valence-corrected chi connectivity index (χ1v) is 16.7. The number of carbonyl (C=O) groups is 1. The average Bonchev–Trinajstić information content (AvgIpc) is 3.16. The standard InChI is InChI=1S/C33H60N4O3/c1-23(38)40-31-28(34-12-16-36(4,5)17-13-34)21-27-25-9-8-24-20-30(39)29(35-14-18-37(6,7)19-15-35)22-33(24,3)26(25)10-11-32(27,31)2/h24-31,39H,8-22H2,1-7H3/q+2/t24-,25+,26-,27-,28-,29-,30-,31-,32-,33-/m0/s1. The van der Waals surface area contributed by atoms with Gasteiger partial charge in [0, 0.05) is 50.6 Å². The Morgan fingerprint density at radius 2 is 1.38 bits per heavy atom. The zero-order valence-corrected chi connectivity index (χ0v) is 26.8. The summed E-state index contributed by atoms with van der Waals surface area (Å²) in [5.41, 5.74) is 0.379. The first kappa shape index (κ1) is 29.3. The van der Waals surface area contributed by atoms with E-state index in [1.54, 1.807) is 6.92 Å². The van der Waals surface area contributed by atoms with Crippen LogP contribution in [0.2, 0.25) is 0 Å². The van der Waals surface area contributed by atoms with E-state index in [0.717, 1.165) is 53.9 Å². The molecular weight excluding hydrogens is 500 g/mol. The molecule has 0 spiro atoms. The summed E-state index contributed by atoms with van der Waals surface area (Å²) in [6.45, 7) is 15.9. The fraction of sp³-hybridized carbons (Fsp3) is 0.970. The number of ether oxygens (including phenoxy) is 1. The highest BCUT2D eigenvalue weighted by atomic mass is 16.5. The van der Waals surface area contributed by atoms with Crippen LogP contribution in [-0.4, -0.2) is 135 Å². The Labute approximate surface area is 244 Å². The van der Waals surface area contributed by atoms with Gasteiger partial charge >= 0.3 is 5.97 Å². The molecule has 2 aliphatic heterocycles. The number of aliphatic hydroxyl groups is 1.